The Morgan fingerprint density at radius 1 is 1.27 bits per heavy atom. The maximum atomic E-state index is 12.4. The number of fused-ring (bicyclic) bond motifs is 1. The van der Waals surface area contributed by atoms with Gasteiger partial charge in [-0.1, -0.05) is 12.8 Å². The highest BCUT2D eigenvalue weighted by atomic mass is 16.3. The molecule has 0 radical (unpaired) electrons. The Balaban J connectivity index is 2.05. The molecule has 2 aliphatic carbocycles. The van der Waals surface area contributed by atoms with Crippen molar-refractivity contribution in [3.05, 3.63) is 23.2 Å². The Labute approximate surface area is 89.7 Å². The molecule has 15 heavy (non-hydrogen) atoms. The highest BCUT2D eigenvalue weighted by molar-refractivity contribution is 6.00. The minimum absolute atomic E-state index is 0.0444. The molecule has 1 spiro atoms. The van der Waals surface area contributed by atoms with Crippen LogP contribution in [0.25, 0.3) is 0 Å². The Hall–Kier alpha value is -1.05. The molecule has 0 saturated heterocycles. The second-order valence-corrected chi connectivity index (χ2v) is 5.03. The highest BCUT2D eigenvalue weighted by Crippen LogP contribution is 2.48. The number of aryl methyl sites for hydroxylation is 2. The maximum Gasteiger partial charge on any atom is 0.204 e. The predicted octanol–water partition coefficient (Wildman–Crippen LogP) is 3.28. The van der Waals surface area contributed by atoms with Gasteiger partial charge in [-0.15, -0.1) is 0 Å². The normalized spacial score (nSPS) is 23.4. The Kier molecular flexibility index (Phi) is 1.82. The second kappa shape index (κ2) is 2.97. The first-order chi connectivity index (χ1) is 7.21. The summed E-state index contributed by atoms with van der Waals surface area (Å²) >= 11 is 0. The van der Waals surface area contributed by atoms with Gasteiger partial charge in [0.15, 0.2) is 5.76 Å². The lowest BCUT2D eigenvalue weighted by molar-refractivity contribution is 0.0729. The summed E-state index contributed by atoms with van der Waals surface area (Å²) in [6, 6.07) is 2.02. The van der Waals surface area contributed by atoms with E-state index in [0.29, 0.717) is 5.76 Å². The number of carbonyl (C=O) groups excluding carboxylic acids is 1. The van der Waals surface area contributed by atoms with E-state index in [-0.39, 0.29) is 11.2 Å². The molecular weight excluding hydrogens is 188 g/mol. The van der Waals surface area contributed by atoms with Gasteiger partial charge in [-0.3, -0.25) is 4.79 Å². The van der Waals surface area contributed by atoms with E-state index in [0.717, 1.165) is 37.0 Å². The van der Waals surface area contributed by atoms with E-state index in [1.54, 1.807) is 0 Å². The molecule has 80 valence electrons. The quantitative estimate of drug-likeness (QED) is 0.649. The number of carbonyl (C=O) groups is 1. The number of Topliss-reactive ketones (excluding diaryl/α,β-unsaturated/α-hetero) is 1. The zero-order chi connectivity index (χ0) is 10.5. The number of furan rings is 1. The molecule has 2 aliphatic rings. The molecule has 1 fully saturated rings. The van der Waals surface area contributed by atoms with Crippen molar-refractivity contribution >= 4 is 5.78 Å². The molecule has 1 aromatic heterocycles. The third kappa shape index (κ3) is 1.20. The first-order valence-corrected chi connectivity index (χ1v) is 5.85. The molecule has 0 bridgehead atoms. The van der Waals surface area contributed by atoms with Crippen molar-refractivity contribution in [3.8, 4) is 0 Å². The molecule has 1 aromatic rings. The van der Waals surface area contributed by atoms with Gasteiger partial charge in [0.1, 0.15) is 5.76 Å². The van der Waals surface area contributed by atoms with Crippen molar-refractivity contribution in [2.45, 2.75) is 45.4 Å². The summed E-state index contributed by atoms with van der Waals surface area (Å²) in [5.74, 6) is 1.83. The monoisotopic (exact) mass is 204 g/mol. The lowest BCUT2D eigenvalue weighted by Gasteiger charge is -2.30. The van der Waals surface area contributed by atoms with E-state index >= 15 is 0 Å². The number of ketones is 1. The zero-order valence-corrected chi connectivity index (χ0v) is 9.14. The van der Waals surface area contributed by atoms with Gasteiger partial charge in [0.05, 0.1) is 0 Å². The van der Waals surface area contributed by atoms with Gasteiger partial charge in [0.25, 0.3) is 0 Å². The minimum Gasteiger partial charge on any atom is -0.458 e. The summed E-state index contributed by atoms with van der Waals surface area (Å²) in [4.78, 5) is 12.4. The van der Waals surface area contributed by atoms with Gasteiger partial charge < -0.3 is 4.42 Å². The van der Waals surface area contributed by atoms with Crippen LogP contribution in [0.15, 0.2) is 10.5 Å². The number of rotatable bonds is 0. The standard InChI is InChI=1S/C13H16O2/c1-9-8-10-4-7-13(5-2-3-6-13)12(14)11(10)15-9/h8H,2-7H2,1H3. The van der Waals surface area contributed by atoms with Crippen LogP contribution in [-0.2, 0) is 6.42 Å². The van der Waals surface area contributed by atoms with Crippen LogP contribution in [0.2, 0.25) is 0 Å². The summed E-state index contributed by atoms with van der Waals surface area (Å²) < 4.78 is 5.56. The SMILES string of the molecule is Cc1cc2c(o1)C(=O)C1(CCCC1)CC2. The van der Waals surface area contributed by atoms with Crippen LogP contribution in [-0.4, -0.2) is 5.78 Å². The van der Waals surface area contributed by atoms with Crippen molar-refractivity contribution < 1.29 is 9.21 Å². The van der Waals surface area contributed by atoms with Gasteiger partial charge in [-0.25, -0.2) is 0 Å². The average molecular weight is 204 g/mol. The van der Waals surface area contributed by atoms with E-state index in [9.17, 15) is 4.79 Å². The topological polar surface area (TPSA) is 30.2 Å². The fourth-order valence-electron chi connectivity index (χ4n) is 3.20. The van der Waals surface area contributed by atoms with Crippen molar-refractivity contribution in [1.82, 2.24) is 0 Å². The molecule has 0 aliphatic heterocycles. The molecule has 0 amide bonds. The van der Waals surface area contributed by atoms with Crippen LogP contribution in [0.4, 0.5) is 0 Å². The van der Waals surface area contributed by atoms with E-state index in [4.69, 9.17) is 4.42 Å². The zero-order valence-electron chi connectivity index (χ0n) is 9.14. The van der Waals surface area contributed by atoms with Gasteiger partial charge >= 0.3 is 0 Å². The first kappa shape index (κ1) is 9.20. The molecule has 0 aromatic carbocycles. The fourth-order valence-corrected chi connectivity index (χ4v) is 3.20. The van der Waals surface area contributed by atoms with Gasteiger partial charge in [0.2, 0.25) is 5.78 Å². The third-order valence-electron chi connectivity index (χ3n) is 4.05. The summed E-state index contributed by atoms with van der Waals surface area (Å²) in [6.07, 6.45) is 6.63. The lowest BCUT2D eigenvalue weighted by Crippen LogP contribution is -2.32. The lowest BCUT2D eigenvalue weighted by atomic mass is 9.72. The number of hydrogen-bond acceptors (Lipinski definition) is 2. The smallest absolute Gasteiger partial charge is 0.204 e. The Morgan fingerprint density at radius 2 is 2.00 bits per heavy atom. The summed E-state index contributed by atoms with van der Waals surface area (Å²) in [5, 5.41) is 0. The van der Waals surface area contributed by atoms with Crippen LogP contribution >= 0.6 is 0 Å². The number of hydrogen-bond donors (Lipinski definition) is 0. The fraction of sp³-hybridized carbons (Fsp3) is 0.615. The molecule has 1 saturated carbocycles. The van der Waals surface area contributed by atoms with E-state index in [1.807, 2.05) is 13.0 Å². The first-order valence-electron chi connectivity index (χ1n) is 5.85. The third-order valence-corrected chi connectivity index (χ3v) is 4.05. The van der Waals surface area contributed by atoms with Crippen molar-refractivity contribution in [2.75, 3.05) is 0 Å². The summed E-state index contributed by atoms with van der Waals surface area (Å²) in [6.45, 7) is 1.92. The molecule has 1 heterocycles. The average Bonchev–Trinajstić information content (AvgIpc) is 2.80. The van der Waals surface area contributed by atoms with Crippen molar-refractivity contribution in [2.24, 2.45) is 5.41 Å². The van der Waals surface area contributed by atoms with Crippen LogP contribution in [0, 0.1) is 12.3 Å². The van der Waals surface area contributed by atoms with E-state index in [1.165, 1.54) is 12.8 Å². The van der Waals surface area contributed by atoms with Gasteiger partial charge in [-0.2, -0.15) is 0 Å². The van der Waals surface area contributed by atoms with E-state index in [2.05, 4.69) is 0 Å². The van der Waals surface area contributed by atoms with Crippen LogP contribution < -0.4 is 0 Å². The van der Waals surface area contributed by atoms with Crippen LogP contribution in [0.1, 0.15) is 54.0 Å². The molecule has 3 rings (SSSR count). The van der Waals surface area contributed by atoms with Crippen LogP contribution in [0.5, 0.6) is 0 Å². The summed E-state index contributed by atoms with van der Waals surface area (Å²) in [5.41, 5.74) is 1.09. The molecule has 0 atom stereocenters. The molecular formula is C13H16O2. The Bertz CT molecular complexity index is 408. The molecule has 0 N–H and O–H groups in total. The summed E-state index contributed by atoms with van der Waals surface area (Å²) in [7, 11) is 0. The maximum absolute atomic E-state index is 12.4. The van der Waals surface area contributed by atoms with Gasteiger partial charge in [-0.05, 0) is 38.7 Å². The Morgan fingerprint density at radius 3 is 2.73 bits per heavy atom. The molecule has 2 nitrogen and oxygen atoms in total. The minimum atomic E-state index is -0.0444. The van der Waals surface area contributed by atoms with Crippen molar-refractivity contribution in [1.29, 1.82) is 0 Å². The molecule has 0 unspecified atom stereocenters. The molecule has 2 heteroatoms. The highest BCUT2D eigenvalue weighted by Gasteiger charge is 2.46. The van der Waals surface area contributed by atoms with E-state index < -0.39 is 0 Å². The second-order valence-electron chi connectivity index (χ2n) is 5.03. The largest absolute Gasteiger partial charge is 0.458 e. The van der Waals surface area contributed by atoms with Crippen LogP contribution in [0.3, 0.4) is 0 Å². The van der Waals surface area contributed by atoms with Gasteiger partial charge in [0, 0.05) is 11.0 Å². The predicted molar refractivity (Wildman–Crippen MR) is 57.0 cm³/mol. The van der Waals surface area contributed by atoms with Crippen molar-refractivity contribution in [3.63, 3.8) is 0 Å².